The number of rotatable bonds is 9. The Balaban J connectivity index is 2.40. The Hall–Kier alpha value is -1.93. The zero-order chi connectivity index (χ0) is 23.7. The van der Waals surface area contributed by atoms with Gasteiger partial charge in [-0.25, -0.2) is 14.5 Å². The third-order valence-corrected chi connectivity index (χ3v) is 5.54. The highest BCUT2D eigenvalue weighted by atomic mass is 32.2. The summed E-state index contributed by atoms with van der Waals surface area (Å²) in [5.74, 6) is 0.603. The molecule has 0 saturated carbocycles. The first-order valence-electron chi connectivity index (χ1n) is 10.8. The lowest BCUT2D eigenvalue weighted by molar-refractivity contribution is 0.00118. The van der Waals surface area contributed by atoms with Crippen LogP contribution in [0.3, 0.4) is 0 Å². The van der Waals surface area contributed by atoms with Crippen LogP contribution < -0.4 is 5.73 Å². The van der Waals surface area contributed by atoms with Gasteiger partial charge in [0.15, 0.2) is 4.90 Å². The van der Waals surface area contributed by atoms with E-state index in [4.69, 9.17) is 15.2 Å². The molecule has 176 valence electrons. The third kappa shape index (κ3) is 11.9. The van der Waals surface area contributed by atoms with Crippen LogP contribution >= 0.6 is 0 Å². The Labute approximate surface area is 189 Å². The van der Waals surface area contributed by atoms with E-state index in [2.05, 4.69) is 0 Å². The van der Waals surface area contributed by atoms with Crippen molar-refractivity contribution in [2.24, 2.45) is 0 Å². The van der Waals surface area contributed by atoms with Gasteiger partial charge in [0.25, 0.3) is 0 Å². The van der Waals surface area contributed by atoms with Gasteiger partial charge in [-0.2, -0.15) is 0 Å². The molecule has 1 aromatic carbocycles. The molecule has 0 aliphatic heterocycles. The quantitative estimate of drug-likeness (QED) is 0.300. The molecule has 0 fully saturated rings. The van der Waals surface area contributed by atoms with Crippen LogP contribution in [0.2, 0.25) is 0 Å². The molecule has 0 heterocycles. The molecule has 7 nitrogen and oxygen atoms in total. The van der Waals surface area contributed by atoms with Gasteiger partial charge < -0.3 is 19.8 Å². The summed E-state index contributed by atoms with van der Waals surface area (Å²) in [4.78, 5) is 26.7. The number of unbranched alkanes of at least 4 members (excludes halogenated alkanes) is 4. The Kier molecular flexibility index (Phi) is 10.7. The lowest BCUT2D eigenvalue weighted by atomic mass is 10.1. The molecule has 0 saturated heterocycles. The van der Waals surface area contributed by atoms with E-state index < -0.39 is 34.6 Å². The molecule has 0 aliphatic rings. The molecule has 0 aliphatic carbocycles. The van der Waals surface area contributed by atoms with Crippen molar-refractivity contribution in [2.75, 3.05) is 18.0 Å². The van der Waals surface area contributed by atoms with Crippen molar-refractivity contribution in [1.82, 2.24) is 4.90 Å². The van der Waals surface area contributed by atoms with Crippen molar-refractivity contribution in [3.8, 4) is 0 Å². The fourth-order valence-corrected chi connectivity index (χ4v) is 3.80. The third-order valence-electron chi connectivity index (χ3n) is 4.08. The van der Waals surface area contributed by atoms with E-state index in [1.807, 2.05) is 0 Å². The maximum Gasteiger partial charge on any atom is 0.419 e. The van der Waals surface area contributed by atoms with Gasteiger partial charge in [-0.05, 0) is 96.2 Å². The zero-order valence-electron chi connectivity index (χ0n) is 19.7. The highest BCUT2D eigenvalue weighted by Gasteiger charge is 2.30. The fourth-order valence-electron chi connectivity index (χ4n) is 2.66. The molecule has 0 aromatic heterocycles. The molecule has 1 aromatic rings. The number of nitrogen functional groups attached to an aromatic ring is 1. The predicted molar refractivity (Wildman–Crippen MR) is 124 cm³/mol. The molecule has 2 amide bonds. The van der Waals surface area contributed by atoms with Crippen molar-refractivity contribution in [3.05, 3.63) is 24.3 Å². The van der Waals surface area contributed by atoms with Crippen molar-refractivity contribution in [3.63, 3.8) is 0 Å². The van der Waals surface area contributed by atoms with Gasteiger partial charge >= 0.3 is 12.2 Å². The molecule has 1 rings (SSSR count). The SMILES string of the molecule is CC(C)(C)OC(=O)N(CCCCCCC[S+]([O-])c1ccc(N)cc1)C(=O)OC(C)(C)C. The number of nitrogens with two attached hydrogens (primary N) is 1. The number of hydrogen-bond acceptors (Lipinski definition) is 6. The van der Waals surface area contributed by atoms with Gasteiger partial charge in [0.05, 0.1) is 0 Å². The van der Waals surface area contributed by atoms with Crippen LogP contribution in [0, 0.1) is 0 Å². The van der Waals surface area contributed by atoms with Crippen LogP contribution in [-0.2, 0) is 20.6 Å². The summed E-state index contributed by atoms with van der Waals surface area (Å²) in [6.45, 7) is 10.8. The molecular weight excluding hydrogens is 416 g/mol. The monoisotopic (exact) mass is 454 g/mol. The number of amides is 2. The Morgan fingerprint density at radius 2 is 1.32 bits per heavy atom. The minimum absolute atomic E-state index is 0.237. The van der Waals surface area contributed by atoms with E-state index in [0.717, 1.165) is 35.5 Å². The smallest absolute Gasteiger partial charge is 0.419 e. The summed E-state index contributed by atoms with van der Waals surface area (Å²) in [5.41, 5.74) is 4.92. The summed E-state index contributed by atoms with van der Waals surface area (Å²) in [6, 6.07) is 7.11. The first-order valence-corrected chi connectivity index (χ1v) is 12.1. The van der Waals surface area contributed by atoms with Crippen LogP contribution in [0.1, 0.15) is 73.6 Å². The second kappa shape index (κ2) is 12.2. The molecule has 1 atom stereocenters. The van der Waals surface area contributed by atoms with E-state index in [1.54, 1.807) is 65.8 Å². The van der Waals surface area contributed by atoms with Crippen LogP contribution in [0.4, 0.5) is 15.3 Å². The van der Waals surface area contributed by atoms with Gasteiger partial charge in [-0.15, -0.1) is 0 Å². The largest absolute Gasteiger partial charge is 0.611 e. The molecular formula is C23H38N2O5S. The van der Waals surface area contributed by atoms with Crippen molar-refractivity contribution in [2.45, 2.75) is 89.7 Å². The lowest BCUT2D eigenvalue weighted by Gasteiger charge is -2.28. The van der Waals surface area contributed by atoms with E-state index >= 15 is 0 Å². The number of benzene rings is 1. The maximum absolute atomic E-state index is 12.4. The summed E-state index contributed by atoms with van der Waals surface area (Å²) >= 11 is -1.02. The van der Waals surface area contributed by atoms with E-state index in [0.29, 0.717) is 17.9 Å². The summed E-state index contributed by atoms with van der Waals surface area (Å²) in [6.07, 6.45) is 2.81. The lowest BCUT2D eigenvalue weighted by Crippen LogP contribution is -2.44. The van der Waals surface area contributed by atoms with Crippen molar-refractivity contribution in [1.29, 1.82) is 0 Å². The number of imide groups is 1. The summed E-state index contributed by atoms with van der Waals surface area (Å²) in [5, 5.41) is 0. The van der Waals surface area contributed by atoms with E-state index in [1.165, 1.54) is 0 Å². The number of ether oxygens (including phenoxy) is 2. The molecule has 1 unspecified atom stereocenters. The second-order valence-corrected chi connectivity index (χ2v) is 11.1. The second-order valence-electron chi connectivity index (χ2n) is 9.50. The van der Waals surface area contributed by atoms with E-state index in [-0.39, 0.29) is 6.54 Å². The Bertz CT molecular complexity index is 667. The van der Waals surface area contributed by atoms with Crippen molar-refractivity contribution < 1.29 is 23.6 Å². The fraction of sp³-hybridized carbons (Fsp3) is 0.652. The first kappa shape index (κ1) is 27.1. The zero-order valence-corrected chi connectivity index (χ0v) is 20.5. The topological polar surface area (TPSA) is 105 Å². The number of hydrogen-bond donors (Lipinski definition) is 1. The first-order chi connectivity index (χ1) is 14.3. The number of carbonyl (C=O) groups is 2. The summed E-state index contributed by atoms with van der Waals surface area (Å²) in [7, 11) is 0. The molecule has 0 bridgehead atoms. The molecule has 0 spiro atoms. The molecule has 0 radical (unpaired) electrons. The molecule has 2 N–H and O–H groups in total. The average molecular weight is 455 g/mol. The highest BCUT2D eigenvalue weighted by molar-refractivity contribution is 7.91. The van der Waals surface area contributed by atoms with Crippen LogP contribution in [0.5, 0.6) is 0 Å². The normalized spacial score (nSPS) is 12.9. The molecule has 8 heteroatoms. The molecule has 31 heavy (non-hydrogen) atoms. The van der Waals surface area contributed by atoms with E-state index in [9.17, 15) is 14.1 Å². The maximum atomic E-state index is 12.4. The average Bonchev–Trinajstić information content (AvgIpc) is 2.61. The van der Waals surface area contributed by atoms with Crippen LogP contribution in [0.25, 0.3) is 0 Å². The Morgan fingerprint density at radius 1 is 0.871 bits per heavy atom. The number of carbonyl (C=O) groups excluding carboxylic acids is 2. The number of anilines is 1. The standard InChI is InChI=1S/C23H38N2O5S/c1-22(2,3)29-20(26)25(21(27)30-23(4,5)6)16-10-8-7-9-11-17-31(28)19-14-12-18(24)13-15-19/h12-15H,7-11,16-17,24H2,1-6H3. The van der Waals surface area contributed by atoms with Crippen LogP contribution in [-0.4, -0.2) is 45.1 Å². The number of nitrogens with zero attached hydrogens (tertiary/aromatic N) is 1. The van der Waals surface area contributed by atoms with Crippen molar-refractivity contribution >= 4 is 29.0 Å². The van der Waals surface area contributed by atoms with Gasteiger partial charge in [0.2, 0.25) is 0 Å². The highest BCUT2D eigenvalue weighted by Crippen LogP contribution is 2.17. The Morgan fingerprint density at radius 3 is 1.81 bits per heavy atom. The van der Waals surface area contributed by atoms with Gasteiger partial charge in [0, 0.05) is 12.2 Å². The minimum Gasteiger partial charge on any atom is -0.611 e. The van der Waals surface area contributed by atoms with Gasteiger partial charge in [-0.1, -0.05) is 12.8 Å². The van der Waals surface area contributed by atoms with Gasteiger partial charge in [0.1, 0.15) is 17.0 Å². The summed E-state index contributed by atoms with van der Waals surface area (Å²) < 4.78 is 23.0. The predicted octanol–water partition coefficient (Wildman–Crippen LogP) is 5.50. The van der Waals surface area contributed by atoms with Crippen LogP contribution in [0.15, 0.2) is 29.2 Å². The minimum atomic E-state index is -1.02. The van der Waals surface area contributed by atoms with Gasteiger partial charge in [-0.3, -0.25) is 0 Å².